The molecular formula is C18H21ClN2O4. The molecule has 6 nitrogen and oxygen atoms in total. The molecule has 1 saturated heterocycles. The summed E-state index contributed by atoms with van der Waals surface area (Å²) in [6.07, 6.45) is 3.44. The van der Waals surface area contributed by atoms with Gasteiger partial charge in [0.25, 0.3) is 5.91 Å². The van der Waals surface area contributed by atoms with Crippen LogP contribution in [0.3, 0.4) is 0 Å². The Morgan fingerprint density at radius 3 is 2.84 bits per heavy atom. The summed E-state index contributed by atoms with van der Waals surface area (Å²) in [4.78, 5) is 38.1. The second-order valence-corrected chi connectivity index (χ2v) is 7.10. The van der Waals surface area contributed by atoms with Crippen molar-refractivity contribution in [2.24, 2.45) is 5.92 Å². The summed E-state index contributed by atoms with van der Waals surface area (Å²) in [5.41, 5.74) is -0.190. The lowest BCUT2D eigenvalue weighted by Gasteiger charge is -2.36. The van der Waals surface area contributed by atoms with Crippen LogP contribution in [0.2, 0.25) is 5.02 Å². The average molecular weight is 365 g/mol. The number of carbonyl (C=O) groups is 3. The predicted molar refractivity (Wildman–Crippen MR) is 91.9 cm³/mol. The summed E-state index contributed by atoms with van der Waals surface area (Å²) in [7, 11) is 0. The van der Waals surface area contributed by atoms with Crippen molar-refractivity contribution in [2.75, 3.05) is 6.54 Å². The van der Waals surface area contributed by atoms with Gasteiger partial charge in [0.15, 0.2) is 0 Å². The number of hydrogen-bond donors (Lipinski definition) is 1. The number of hydrogen-bond acceptors (Lipinski definition) is 4. The number of carbonyl (C=O) groups excluding carboxylic acids is 3. The van der Waals surface area contributed by atoms with E-state index in [0.717, 1.165) is 24.2 Å². The molecule has 2 aliphatic rings. The van der Waals surface area contributed by atoms with Crippen LogP contribution in [0.1, 0.15) is 38.2 Å². The van der Waals surface area contributed by atoms with E-state index in [1.807, 2.05) is 6.92 Å². The maximum Gasteiger partial charge on any atom is 0.326 e. The Kier molecular flexibility index (Phi) is 4.99. The van der Waals surface area contributed by atoms with Gasteiger partial charge in [0, 0.05) is 10.6 Å². The van der Waals surface area contributed by atoms with Crippen molar-refractivity contribution in [3.05, 3.63) is 34.9 Å². The Morgan fingerprint density at radius 2 is 2.12 bits per heavy atom. The quantitative estimate of drug-likeness (QED) is 0.658. The summed E-state index contributed by atoms with van der Waals surface area (Å²) in [5.74, 6) is -0.898. The lowest BCUT2D eigenvalue weighted by Crippen LogP contribution is -2.54. The first kappa shape index (κ1) is 17.7. The second-order valence-electron chi connectivity index (χ2n) is 6.69. The predicted octanol–water partition coefficient (Wildman–Crippen LogP) is 2.88. The molecule has 7 heteroatoms. The van der Waals surface area contributed by atoms with Gasteiger partial charge in [0.2, 0.25) is 0 Å². The van der Waals surface area contributed by atoms with Crippen LogP contribution in [0.25, 0.3) is 0 Å². The Hall–Kier alpha value is -2.08. The number of ether oxygens (including phenoxy) is 1. The third-order valence-corrected chi connectivity index (χ3v) is 5.50. The molecule has 3 rings (SSSR count). The Labute approximate surface area is 151 Å². The number of benzene rings is 1. The lowest BCUT2D eigenvalue weighted by atomic mass is 9.73. The number of nitrogens with one attached hydrogen (secondary N) is 1. The van der Waals surface area contributed by atoms with Crippen molar-refractivity contribution in [1.29, 1.82) is 0 Å². The third-order valence-electron chi connectivity index (χ3n) is 5.14. The van der Waals surface area contributed by atoms with E-state index in [1.54, 1.807) is 24.3 Å². The van der Waals surface area contributed by atoms with Gasteiger partial charge in [-0.1, -0.05) is 49.6 Å². The molecule has 1 heterocycles. The van der Waals surface area contributed by atoms with Crippen LogP contribution >= 0.6 is 11.6 Å². The van der Waals surface area contributed by atoms with Crippen LogP contribution in [-0.2, 0) is 20.9 Å². The zero-order chi connectivity index (χ0) is 18.0. The monoisotopic (exact) mass is 364 g/mol. The van der Waals surface area contributed by atoms with Crippen LogP contribution in [0.4, 0.5) is 4.79 Å². The zero-order valence-electron chi connectivity index (χ0n) is 14.1. The van der Waals surface area contributed by atoms with Crippen molar-refractivity contribution in [3.8, 4) is 0 Å². The zero-order valence-corrected chi connectivity index (χ0v) is 14.8. The van der Waals surface area contributed by atoms with E-state index in [-0.39, 0.29) is 25.0 Å². The van der Waals surface area contributed by atoms with E-state index in [9.17, 15) is 14.4 Å². The van der Waals surface area contributed by atoms with E-state index in [2.05, 4.69) is 5.32 Å². The molecule has 134 valence electrons. The topological polar surface area (TPSA) is 75.7 Å². The van der Waals surface area contributed by atoms with E-state index in [0.29, 0.717) is 17.0 Å². The number of urea groups is 1. The molecule has 1 aromatic carbocycles. The van der Waals surface area contributed by atoms with E-state index in [1.165, 1.54) is 0 Å². The molecule has 1 aliphatic heterocycles. The highest BCUT2D eigenvalue weighted by molar-refractivity contribution is 6.31. The number of imide groups is 1. The standard InChI is InChI=1S/C18H21ClN2O4/c1-12-6-4-5-9-18(12)16(23)21(17(24)20-18)10-15(22)25-11-13-7-2-3-8-14(13)19/h2-3,7-8,12H,4-6,9-11H2,1H3,(H,20,24)/t12-,18-/m0/s1. The first-order valence-electron chi connectivity index (χ1n) is 8.47. The smallest absolute Gasteiger partial charge is 0.326 e. The first-order chi connectivity index (χ1) is 11.9. The number of esters is 1. The van der Waals surface area contributed by atoms with Crippen LogP contribution in [-0.4, -0.2) is 34.9 Å². The molecule has 0 radical (unpaired) electrons. The van der Waals surface area contributed by atoms with Crippen LogP contribution in [0.5, 0.6) is 0 Å². The Bertz CT molecular complexity index is 708. The van der Waals surface area contributed by atoms with Crippen LogP contribution in [0, 0.1) is 5.92 Å². The van der Waals surface area contributed by atoms with Gasteiger partial charge in [-0.3, -0.25) is 14.5 Å². The number of amides is 3. The Balaban J connectivity index is 1.62. The third kappa shape index (κ3) is 3.35. The molecule has 1 spiro atoms. The molecule has 1 N–H and O–H groups in total. The minimum atomic E-state index is -0.863. The highest BCUT2D eigenvalue weighted by atomic mass is 35.5. The van der Waals surface area contributed by atoms with Gasteiger partial charge in [-0.2, -0.15) is 0 Å². The molecule has 2 fully saturated rings. The van der Waals surface area contributed by atoms with Gasteiger partial charge < -0.3 is 10.1 Å². The SMILES string of the molecule is C[C@H]1CCCC[C@]12NC(=O)N(CC(=O)OCc1ccccc1Cl)C2=O. The van der Waals surface area contributed by atoms with Gasteiger partial charge in [-0.05, 0) is 24.8 Å². The fourth-order valence-corrected chi connectivity index (χ4v) is 3.78. The van der Waals surface area contributed by atoms with Gasteiger partial charge in [0.05, 0.1) is 0 Å². The second kappa shape index (κ2) is 7.04. The molecular weight excluding hydrogens is 344 g/mol. The maximum atomic E-state index is 12.8. The minimum absolute atomic E-state index is 0.00367. The highest BCUT2D eigenvalue weighted by Crippen LogP contribution is 2.38. The van der Waals surface area contributed by atoms with Crippen LogP contribution in [0.15, 0.2) is 24.3 Å². The van der Waals surface area contributed by atoms with Crippen molar-refractivity contribution >= 4 is 29.5 Å². The van der Waals surface area contributed by atoms with Gasteiger partial charge in [-0.25, -0.2) is 4.79 Å². The highest BCUT2D eigenvalue weighted by Gasteiger charge is 2.55. The molecule has 25 heavy (non-hydrogen) atoms. The lowest BCUT2D eigenvalue weighted by molar-refractivity contribution is -0.149. The van der Waals surface area contributed by atoms with E-state index < -0.39 is 17.5 Å². The Morgan fingerprint density at radius 1 is 1.36 bits per heavy atom. The molecule has 1 saturated carbocycles. The van der Waals surface area contributed by atoms with Crippen molar-refractivity contribution in [2.45, 2.75) is 44.8 Å². The molecule has 3 amide bonds. The first-order valence-corrected chi connectivity index (χ1v) is 8.85. The number of nitrogens with zero attached hydrogens (tertiary/aromatic N) is 1. The fraction of sp³-hybridized carbons (Fsp3) is 0.500. The molecule has 0 aromatic heterocycles. The van der Waals surface area contributed by atoms with E-state index >= 15 is 0 Å². The minimum Gasteiger partial charge on any atom is -0.459 e. The fourth-order valence-electron chi connectivity index (χ4n) is 3.59. The van der Waals surface area contributed by atoms with Crippen molar-refractivity contribution < 1.29 is 19.1 Å². The summed E-state index contributed by atoms with van der Waals surface area (Å²) in [5, 5.41) is 3.32. The average Bonchev–Trinajstić information content (AvgIpc) is 2.82. The van der Waals surface area contributed by atoms with Crippen molar-refractivity contribution in [3.63, 3.8) is 0 Å². The molecule has 1 aromatic rings. The van der Waals surface area contributed by atoms with Gasteiger partial charge in [0.1, 0.15) is 18.7 Å². The van der Waals surface area contributed by atoms with Gasteiger partial charge in [-0.15, -0.1) is 0 Å². The molecule has 2 atom stereocenters. The van der Waals surface area contributed by atoms with E-state index in [4.69, 9.17) is 16.3 Å². The molecule has 0 unspecified atom stereocenters. The summed E-state index contributed by atoms with van der Waals surface area (Å²) in [6, 6.07) is 6.51. The summed E-state index contributed by atoms with van der Waals surface area (Å²) >= 11 is 6.02. The summed E-state index contributed by atoms with van der Waals surface area (Å²) < 4.78 is 5.17. The van der Waals surface area contributed by atoms with Gasteiger partial charge >= 0.3 is 12.0 Å². The molecule has 1 aliphatic carbocycles. The number of rotatable bonds is 4. The molecule has 0 bridgehead atoms. The largest absolute Gasteiger partial charge is 0.459 e. The maximum absolute atomic E-state index is 12.8. The summed E-state index contributed by atoms with van der Waals surface area (Å²) in [6.45, 7) is 1.59. The van der Waals surface area contributed by atoms with Crippen LogP contribution < -0.4 is 5.32 Å². The normalized spacial score (nSPS) is 26.0. The number of halogens is 1. The van der Waals surface area contributed by atoms with Crippen molar-refractivity contribution in [1.82, 2.24) is 10.2 Å².